The van der Waals surface area contributed by atoms with Gasteiger partial charge in [-0.15, -0.1) is 0 Å². The summed E-state index contributed by atoms with van der Waals surface area (Å²) in [5.74, 6) is 1.83. The number of benzene rings is 1. The van der Waals surface area contributed by atoms with Crippen molar-refractivity contribution in [1.29, 1.82) is 0 Å². The van der Waals surface area contributed by atoms with Gasteiger partial charge in [0.1, 0.15) is 11.5 Å². The normalized spacial score (nSPS) is 18.1. The standard InChI is InChI=1S/C15H24N2O2/c1-16-7-4-8-17(10-9-16)12-13-11-14(18-2)5-6-15(13)19-3/h5-6,11H,4,7-10,12H2,1-3H3. The predicted octanol–water partition coefficient (Wildman–Crippen LogP) is 1.84. The fourth-order valence-corrected chi connectivity index (χ4v) is 2.50. The Bertz CT molecular complexity index is 409. The Hall–Kier alpha value is -1.26. The van der Waals surface area contributed by atoms with Crippen molar-refractivity contribution in [1.82, 2.24) is 9.80 Å². The van der Waals surface area contributed by atoms with Gasteiger partial charge in [-0.05, 0) is 44.8 Å². The molecule has 0 atom stereocenters. The summed E-state index contributed by atoms with van der Waals surface area (Å²) in [4.78, 5) is 4.88. The Morgan fingerprint density at radius 2 is 1.89 bits per heavy atom. The highest BCUT2D eigenvalue weighted by Gasteiger charge is 2.14. The molecule has 2 rings (SSSR count). The molecule has 106 valence electrons. The number of hydrogen-bond donors (Lipinski definition) is 0. The van der Waals surface area contributed by atoms with Crippen molar-refractivity contribution in [3.8, 4) is 11.5 Å². The molecule has 1 fully saturated rings. The Labute approximate surface area is 115 Å². The molecule has 0 aliphatic carbocycles. The van der Waals surface area contributed by atoms with E-state index in [2.05, 4.69) is 22.9 Å². The molecular formula is C15H24N2O2. The topological polar surface area (TPSA) is 24.9 Å². The van der Waals surface area contributed by atoms with Gasteiger partial charge in [-0.3, -0.25) is 4.90 Å². The Kier molecular flexibility index (Phi) is 5.05. The van der Waals surface area contributed by atoms with Gasteiger partial charge in [-0.1, -0.05) is 0 Å². The molecule has 1 saturated heterocycles. The average molecular weight is 264 g/mol. The molecule has 1 aliphatic rings. The first-order chi connectivity index (χ1) is 9.22. The zero-order valence-corrected chi connectivity index (χ0v) is 12.2. The molecule has 19 heavy (non-hydrogen) atoms. The number of likely N-dealkylation sites (N-methyl/N-ethyl adjacent to an activating group) is 1. The number of hydrogen-bond acceptors (Lipinski definition) is 4. The average Bonchev–Trinajstić information content (AvgIpc) is 2.63. The second-order valence-corrected chi connectivity index (χ2v) is 5.11. The summed E-state index contributed by atoms with van der Waals surface area (Å²) in [5, 5.41) is 0. The summed E-state index contributed by atoms with van der Waals surface area (Å²) in [7, 11) is 5.61. The molecule has 0 radical (unpaired) electrons. The highest BCUT2D eigenvalue weighted by molar-refractivity contribution is 5.40. The fourth-order valence-electron chi connectivity index (χ4n) is 2.50. The van der Waals surface area contributed by atoms with Gasteiger partial charge in [0, 0.05) is 25.2 Å². The van der Waals surface area contributed by atoms with Gasteiger partial charge in [0.25, 0.3) is 0 Å². The summed E-state index contributed by atoms with van der Waals surface area (Å²) < 4.78 is 10.7. The largest absolute Gasteiger partial charge is 0.497 e. The molecule has 4 nitrogen and oxygen atoms in total. The monoisotopic (exact) mass is 264 g/mol. The molecule has 0 unspecified atom stereocenters. The number of rotatable bonds is 4. The van der Waals surface area contributed by atoms with Crippen molar-refractivity contribution in [2.45, 2.75) is 13.0 Å². The van der Waals surface area contributed by atoms with Crippen LogP contribution in [0.3, 0.4) is 0 Å². The lowest BCUT2D eigenvalue weighted by Gasteiger charge is -2.21. The third kappa shape index (κ3) is 3.85. The minimum atomic E-state index is 0.891. The van der Waals surface area contributed by atoms with E-state index in [1.54, 1.807) is 14.2 Å². The van der Waals surface area contributed by atoms with Crippen LogP contribution < -0.4 is 9.47 Å². The Morgan fingerprint density at radius 3 is 2.63 bits per heavy atom. The summed E-state index contributed by atoms with van der Waals surface area (Å²) in [6.45, 7) is 5.49. The maximum Gasteiger partial charge on any atom is 0.123 e. The van der Waals surface area contributed by atoms with Crippen LogP contribution in [0.1, 0.15) is 12.0 Å². The van der Waals surface area contributed by atoms with Crippen molar-refractivity contribution in [2.24, 2.45) is 0 Å². The van der Waals surface area contributed by atoms with Crippen LogP contribution in [-0.4, -0.2) is 57.2 Å². The molecular weight excluding hydrogens is 240 g/mol. The fraction of sp³-hybridized carbons (Fsp3) is 0.600. The van der Waals surface area contributed by atoms with Crippen LogP contribution in [0.5, 0.6) is 11.5 Å². The lowest BCUT2D eigenvalue weighted by atomic mass is 10.1. The van der Waals surface area contributed by atoms with Crippen LogP contribution in [0.15, 0.2) is 18.2 Å². The van der Waals surface area contributed by atoms with E-state index in [4.69, 9.17) is 9.47 Å². The molecule has 1 aromatic rings. The van der Waals surface area contributed by atoms with Gasteiger partial charge in [-0.25, -0.2) is 0 Å². The first-order valence-corrected chi connectivity index (χ1v) is 6.84. The van der Waals surface area contributed by atoms with Gasteiger partial charge in [-0.2, -0.15) is 0 Å². The van der Waals surface area contributed by atoms with Crippen molar-refractivity contribution < 1.29 is 9.47 Å². The molecule has 1 aromatic carbocycles. The number of nitrogens with zero attached hydrogens (tertiary/aromatic N) is 2. The first kappa shape index (κ1) is 14.2. The minimum absolute atomic E-state index is 0.891. The third-order valence-corrected chi connectivity index (χ3v) is 3.69. The smallest absolute Gasteiger partial charge is 0.123 e. The minimum Gasteiger partial charge on any atom is -0.497 e. The van der Waals surface area contributed by atoms with Crippen LogP contribution in [0.4, 0.5) is 0 Å². The molecule has 0 spiro atoms. The zero-order valence-electron chi connectivity index (χ0n) is 12.2. The predicted molar refractivity (Wildman–Crippen MR) is 76.9 cm³/mol. The summed E-state index contributed by atoms with van der Waals surface area (Å²) in [6, 6.07) is 6.00. The van der Waals surface area contributed by atoms with Crippen LogP contribution in [0.2, 0.25) is 0 Å². The lowest BCUT2D eigenvalue weighted by molar-refractivity contribution is 0.264. The molecule has 0 bridgehead atoms. The van der Waals surface area contributed by atoms with E-state index in [1.807, 2.05) is 12.1 Å². The van der Waals surface area contributed by atoms with E-state index < -0.39 is 0 Å². The number of methoxy groups -OCH3 is 2. The molecule has 0 N–H and O–H groups in total. The van der Waals surface area contributed by atoms with Crippen LogP contribution in [-0.2, 0) is 6.54 Å². The van der Waals surface area contributed by atoms with Gasteiger partial charge in [0.2, 0.25) is 0 Å². The molecule has 4 heteroatoms. The molecule has 0 aromatic heterocycles. The van der Waals surface area contributed by atoms with Gasteiger partial charge in [0.05, 0.1) is 14.2 Å². The van der Waals surface area contributed by atoms with E-state index >= 15 is 0 Å². The highest BCUT2D eigenvalue weighted by Crippen LogP contribution is 2.25. The summed E-state index contributed by atoms with van der Waals surface area (Å²) >= 11 is 0. The van der Waals surface area contributed by atoms with E-state index in [-0.39, 0.29) is 0 Å². The third-order valence-electron chi connectivity index (χ3n) is 3.69. The SMILES string of the molecule is COc1ccc(OC)c(CN2CCCN(C)CC2)c1. The molecule has 1 aliphatic heterocycles. The van der Waals surface area contributed by atoms with Crippen LogP contribution in [0, 0.1) is 0 Å². The van der Waals surface area contributed by atoms with E-state index in [0.29, 0.717) is 0 Å². The van der Waals surface area contributed by atoms with Crippen LogP contribution in [0.25, 0.3) is 0 Å². The van der Waals surface area contributed by atoms with Gasteiger partial charge >= 0.3 is 0 Å². The maximum atomic E-state index is 5.45. The quantitative estimate of drug-likeness (QED) is 0.828. The van der Waals surface area contributed by atoms with E-state index in [0.717, 1.165) is 37.7 Å². The van der Waals surface area contributed by atoms with Crippen molar-refractivity contribution in [3.63, 3.8) is 0 Å². The maximum absolute atomic E-state index is 5.45. The highest BCUT2D eigenvalue weighted by atomic mass is 16.5. The summed E-state index contributed by atoms with van der Waals surface area (Å²) in [6.07, 6.45) is 1.22. The number of ether oxygens (including phenoxy) is 2. The zero-order chi connectivity index (χ0) is 13.7. The van der Waals surface area contributed by atoms with Crippen molar-refractivity contribution >= 4 is 0 Å². The second-order valence-electron chi connectivity index (χ2n) is 5.11. The van der Waals surface area contributed by atoms with Crippen LogP contribution >= 0.6 is 0 Å². The Balaban J connectivity index is 2.08. The van der Waals surface area contributed by atoms with E-state index in [1.165, 1.54) is 18.5 Å². The van der Waals surface area contributed by atoms with Crippen molar-refractivity contribution in [3.05, 3.63) is 23.8 Å². The molecule has 0 amide bonds. The molecule has 1 heterocycles. The summed E-state index contributed by atoms with van der Waals surface area (Å²) in [5.41, 5.74) is 1.20. The molecule has 0 saturated carbocycles. The van der Waals surface area contributed by atoms with Crippen molar-refractivity contribution in [2.75, 3.05) is 47.4 Å². The van der Waals surface area contributed by atoms with Gasteiger partial charge < -0.3 is 14.4 Å². The van der Waals surface area contributed by atoms with Gasteiger partial charge in [0.15, 0.2) is 0 Å². The second kappa shape index (κ2) is 6.78. The first-order valence-electron chi connectivity index (χ1n) is 6.84. The Morgan fingerprint density at radius 1 is 1.05 bits per heavy atom. The lowest BCUT2D eigenvalue weighted by Crippen LogP contribution is -2.28. The van der Waals surface area contributed by atoms with E-state index in [9.17, 15) is 0 Å².